The number of hydrogen-bond donors (Lipinski definition) is 1. The summed E-state index contributed by atoms with van der Waals surface area (Å²) in [7, 11) is 0. The highest BCUT2D eigenvalue weighted by Gasteiger charge is 2.07. The summed E-state index contributed by atoms with van der Waals surface area (Å²) in [5.41, 5.74) is 7.45. The first-order valence-corrected chi connectivity index (χ1v) is 4.91. The van der Waals surface area contributed by atoms with E-state index in [1.165, 1.54) is 0 Å². The van der Waals surface area contributed by atoms with Crippen LogP contribution in [0, 0.1) is 0 Å². The van der Waals surface area contributed by atoms with Gasteiger partial charge in [-0.3, -0.25) is 9.78 Å². The molecule has 2 aromatic rings. The molecule has 1 heterocycles. The molecular weight excluding hydrogens is 188 g/mol. The summed E-state index contributed by atoms with van der Waals surface area (Å²) in [6, 6.07) is 9.38. The highest BCUT2D eigenvalue weighted by atomic mass is 16.1. The molecule has 0 aliphatic carbocycles. The molecule has 1 aromatic heterocycles. The van der Waals surface area contributed by atoms with Gasteiger partial charge in [0.05, 0.1) is 11.1 Å². The van der Waals surface area contributed by atoms with Crippen LogP contribution in [0.15, 0.2) is 30.3 Å². The van der Waals surface area contributed by atoms with Gasteiger partial charge in [0.2, 0.25) is 0 Å². The Bertz CT molecular complexity index is 520. The van der Waals surface area contributed by atoms with Gasteiger partial charge in [0.15, 0.2) is 0 Å². The van der Waals surface area contributed by atoms with Crippen molar-refractivity contribution in [1.29, 1.82) is 0 Å². The van der Waals surface area contributed by atoms with Crippen molar-refractivity contribution in [3.8, 4) is 0 Å². The highest BCUT2D eigenvalue weighted by molar-refractivity contribution is 6.04. The second-order valence-corrected chi connectivity index (χ2v) is 3.40. The smallest absolute Gasteiger partial charge is 0.250 e. The van der Waals surface area contributed by atoms with Crippen molar-refractivity contribution >= 4 is 16.8 Å². The molecule has 0 saturated heterocycles. The number of nitrogens with zero attached hydrogens (tertiary/aromatic N) is 1. The van der Waals surface area contributed by atoms with Crippen molar-refractivity contribution in [3.63, 3.8) is 0 Å². The molecule has 3 heteroatoms. The van der Waals surface area contributed by atoms with Crippen LogP contribution < -0.4 is 5.73 Å². The number of primary amides is 1. The van der Waals surface area contributed by atoms with E-state index >= 15 is 0 Å². The van der Waals surface area contributed by atoms with Gasteiger partial charge < -0.3 is 5.73 Å². The van der Waals surface area contributed by atoms with Gasteiger partial charge in [-0.1, -0.05) is 25.1 Å². The molecule has 3 nitrogen and oxygen atoms in total. The zero-order valence-corrected chi connectivity index (χ0v) is 8.53. The number of carbonyl (C=O) groups excluding carboxylic acids is 1. The molecule has 1 aromatic carbocycles. The van der Waals surface area contributed by atoms with Gasteiger partial charge in [0, 0.05) is 11.1 Å². The van der Waals surface area contributed by atoms with Crippen molar-refractivity contribution in [1.82, 2.24) is 4.98 Å². The maximum Gasteiger partial charge on any atom is 0.250 e. The first-order valence-electron chi connectivity index (χ1n) is 4.91. The first kappa shape index (κ1) is 9.65. The molecule has 0 aliphatic heterocycles. The third-order valence-electron chi connectivity index (χ3n) is 2.41. The SMILES string of the molecule is CCc1ccc2cccc(C(N)=O)c2n1. The molecule has 0 saturated carbocycles. The summed E-state index contributed by atoms with van der Waals surface area (Å²) in [4.78, 5) is 15.6. The van der Waals surface area contributed by atoms with Crippen molar-refractivity contribution in [2.75, 3.05) is 0 Å². The standard InChI is InChI=1S/C12H12N2O/c1-2-9-7-6-8-4-3-5-10(12(13)15)11(8)14-9/h3-7H,2H2,1H3,(H2,13,15). The van der Waals surface area contributed by atoms with Crippen LogP contribution in [0.1, 0.15) is 23.0 Å². The summed E-state index contributed by atoms with van der Waals surface area (Å²) in [5, 5.41) is 0.948. The van der Waals surface area contributed by atoms with Gasteiger partial charge >= 0.3 is 0 Å². The molecule has 0 spiro atoms. The Kier molecular flexibility index (Phi) is 2.37. The lowest BCUT2D eigenvalue weighted by Crippen LogP contribution is -2.12. The lowest BCUT2D eigenvalue weighted by atomic mass is 10.1. The van der Waals surface area contributed by atoms with Crippen LogP contribution in [0.25, 0.3) is 10.9 Å². The molecule has 1 amide bonds. The van der Waals surface area contributed by atoms with Gasteiger partial charge in [0.25, 0.3) is 5.91 Å². The van der Waals surface area contributed by atoms with Crippen LogP contribution in [0.4, 0.5) is 0 Å². The van der Waals surface area contributed by atoms with Crippen LogP contribution in [0.5, 0.6) is 0 Å². The largest absolute Gasteiger partial charge is 0.366 e. The van der Waals surface area contributed by atoms with Crippen LogP contribution in [0.3, 0.4) is 0 Å². The van der Waals surface area contributed by atoms with Crippen LogP contribution in [-0.2, 0) is 6.42 Å². The summed E-state index contributed by atoms with van der Waals surface area (Å²) >= 11 is 0. The van der Waals surface area contributed by atoms with Crippen molar-refractivity contribution in [2.45, 2.75) is 13.3 Å². The second kappa shape index (κ2) is 3.69. The Morgan fingerprint density at radius 2 is 2.13 bits per heavy atom. The molecule has 76 valence electrons. The highest BCUT2D eigenvalue weighted by Crippen LogP contribution is 2.17. The third kappa shape index (κ3) is 1.68. The molecule has 0 aliphatic rings. The number of aryl methyl sites for hydroxylation is 1. The lowest BCUT2D eigenvalue weighted by molar-refractivity contribution is 0.100. The maximum atomic E-state index is 11.2. The van der Waals surface area contributed by atoms with E-state index in [-0.39, 0.29) is 0 Å². The number of fused-ring (bicyclic) bond motifs is 1. The first-order chi connectivity index (χ1) is 7.22. The molecule has 0 bridgehead atoms. The monoisotopic (exact) mass is 200 g/mol. The molecule has 15 heavy (non-hydrogen) atoms. The minimum atomic E-state index is -0.429. The van der Waals surface area contributed by atoms with E-state index in [9.17, 15) is 4.79 Å². The number of benzene rings is 1. The quantitative estimate of drug-likeness (QED) is 0.804. The molecule has 2 N–H and O–H groups in total. The predicted octanol–water partition coefficient (Wildman–Crippen LogP) is 1.90. The zero-order valence-electron chi connectivity index (χ0n) is 8.53. The normalized spacial score (nSPS) is 10.5. The fourth-order valence-electron chi connectivity index (χ4n) is 1.58. The van der Waals surface area contributed by atoms with E-state index in [4.69, 9.17) is 5.73 Å². The minimum Gasteiger partial charge on any atom is -0.366 e. The van der Waals surface area contributed by atoms with Crippen molar-refractivity contribution < 1.29 is 4.79 Å². The van der Waals surface area contributed by atoms with E-state index in [0.29, 0.717) is 11.1 Å². The van der Waals surface area contributed by atoms with Gasteiger partial charge in [0.1, 0.15) is 0 Å². The number of amides is 1. The Hall–Kier alpha value is -1.90. The topological polar surface area (TPSA) is 56.0 Å². The molecule has 0 unspecified atom stereocenters. The summed E-state index contributed by atoms with van der Waals surface area (Å²) in [6.07, 6.45) is 0.850. The Morgan fingerprint density at radius 3 is 2.80 bits per heavy atom. The number of pyridine rings is 1. The van der Waals surface area contributed by atoms with E-state index in [1.54, 1.807) is 6.07 Å². The van der Waals surface area contributed by atoms with E-state index < -0.39 is 5.91 Å². The fraction of sp³-hybridized carbons (Fsp3) is 0.167. The van der Waals surface area contributed by atoms with Gasteiger partial charge in [-0.2, -0.15) is 0 Å². The fourth-order valence-corrected chi connectivity index (χ4v) is 1.58. The van der Waals surface area contributed by atoms with Gasteiger partial charge in [-0.25, -0.2) is 0 Å². The number of carbonyl (C=O) groups is 1. The second-order valence-electron chi connectivity index (χ2n) is 3.40. The molecule has 0 radical (unpaired) electrons. The maximum absolute atomic E-state index is 11.2. The van der Waals surface area contributed by atoms with Crippen molar-refractivity contribution in [2.24, 2.45) is 5.73 Å². The van der Waals surface area contributed by atoms with E-state index in [2.05, 4.69) is 4.98 Å². The van der Waals surface area contributed by atoms with Crippen molar-refractivity contribution in [3.05, 3.63) is 41.6 Å². The Labute approximate surface area is 87.9 Å². The molecule has 0 atom stereocenters. The summed E-state index contributed by atoms with van der Waals surface area (Å²) in [5.74, 6) is -0.429. The Balaban J connectivity index is 2.76. The predicted molar refractivity (Wildman–Crippen MR) is 59.6 cm³/mol. The number of rotatable bonds is 2. The number of hydrogen-bond acceptors (Lipinski definition) is 2. The Morgan fingerprint density at radius 1 is 1.33 bits per heavy atom. The molecule has 2 rings (SSSR count). The number of para-hydroxylation sites is 1. The average Bonchev–Trinajstić information content (AvgIpc) is 2.27. The third-order valence-corrected chi connectivity index (χ3v) is 2.41. The summed E-state index contributed by atoms with van der Waals surface area (Å²) in [6.45, 7) is 2.03. The molecule has 0 fully saturated rings. The number of nitrogens with two attached hydrogens (primary N) is 1. The average molecular weight is 200 g/mol. The van der Waals surface area contributed by atoms with Crippen LogP contribution in [0.2, 0.25) is 0 Å². The van der Waals surface area contributed by atoms with Gasteiger partial charge in [-0.15, -0.1) is 0 Å². The lowest BCUT2D eigenvalue weighted by Gasteiger charge is -2.03. The number of aromatic nitrogens is 1. The van der Waals surface area contributed by atoms with Gasteiger partial charge in [-0.05, 0) is 18.6 Å². The molecular formula is C12H12N2O. The zero-order chi connectivity index (χ0) is 10.8. The van der Waals surface area contributed by atoms with E-state index in [0.717, 1.165) is 17.5 Å². The minimum absolute atomic E-state index is 0.429. The van der Waals surface area contributed by atoms with Crippen LogP contribution >= 0.6 is 0 Å². The van der Waals surface area contributed by atoms with E-state index in [1.807, 2.05) is 31.2 Å². The summed E-state index contributed by atoms with van der Waals surface area (Å²) < 4.78 is 0. The van der Waals surface area contributed by atoms with Crippen LogP contribution in [-0.4, -0.2) is 10.9 Å².